The van der Waals surface area contributed by atoms with Crippen LogP contribution in [0.2, 0.25) is 0 Å². The molecule has 3 amide bonds. The van der Waals surface area contributed by atoms with Crippen LogP contribution in [-0.2, 0) is 25.4 Å². The first-order valence-electron chi connectivity index (χ1n) is 11.4. The van der Waals surface area contributed by atoms with Crippen molar-refractivity contribution in [2.75, 3.05) is 32.1 Å². The molecule has 1 saturated heterocycles. The van der Waals surface area contributed by atoms with Gasteiger partial charge in [-0.3, -0.25) is 18.7 Å². The van der Waals surface area contributed by atoms with Crippen LogP contribution in [0, 0.1) is 5.92 Å². The van der Waals surface area contributed by atoms with E-state index < -0.39 is 11.2 Å². The van der Waals surface area contributed by atoms with E-state index in [0.29, 0.717) is 31.1 Å². The van der Waals surface area contributed by atoms with Crippen molar-refractivity contribution in [1.29, 1.82) is 0 Å². The number of methoxy groups -OCH3 is 1. The van der Waals surface area contributed by atoms with Crippen LogP contribution in [0.3, 0.4) is 0 Å². The topological polar surface area (TPSA) is 132 Å². The Hall–Kier alpha value is -4.09. The molecule has 0 radical (unpaired) electrons. The van der Waals surface area contributed by atoms with Crippen LogP contribution in [0.1, 0.15) is 12.8 Å². The van der Waals surface area contributed by atoms with Gasteiger partial charge in [0, 0.05) is 33.7 Å². The maximum Gasteiger partial charge on any atom is 0.332 e. The van der Waals surface area contributed by atoms with Crippen molar-refractivity contribution in [3.63, 3.8) is 0 Å². The van der Waals surface area contributed by atoms with E-state index in [2.05, 4.69) is 15.6 Å². The number of piperidine rings is 1. The Kier molecular flexibility index (Phi) is 6.90. The third-order valence-electron chi connectivity index (χ3n) is 6.37. The van der Waals surface area contributed by atoms with Crippen molar-refractivity contribution in [2.24, 2.45) is 20.0 Å². The number of anilines is 1. The molecule has 35 heavy (non-hydrogen) atoms. The Balaban J connectivity index is 1.29. The van der Waals surface area contributed by atoms with E-state index in [1.54, 1.807) is 24.1 Å². The van der Waals surface area contributed by atoms with E-state index in [-0.39, 0.29) is 35.6 Å². The maximum absolute atomic E-state index is 12.6. The fourth-order valence-electron chi connectivity index (χ4n) is 4.27. The lowest BCUT2D eigenvalue weighted by atomic mass is 9.97. The fraction of sp³-hybridized carbons (Fsp3) is 0.435. The van der Waals surface area contributed by atoms with Crippen LogP contribution in [0.5, 0.6) is 5.75 Å². The van der Waals surface area contributed by atoms with Crippen molar-refractivity contribution >= 4 is 28.8 Å². The maximum atomic E-state index is 12.6. The number of rotatable bonds is 6. The van der Waals surface area contributed by atoms with Gasteiger partial charge in [-0.2, -0.15) is 0 Å². The highest BCUT2D eigenvalue weighted by molar-refractivity contribution is 5.91. The first-order valence-corrected chi connectivity index (χ1v) is 11.4. The minimum atomic E-state index is -0.493. The summed E-state index contributed by atoms with van der Waals surface area (Å²) in [5.74, 6) is 0.586. The van der Waals surface area contributed by atoms with Crippen LogP contribution >= 0.6 is 0 Å². The van der Waals surface area contributed by atoms with Crippen LogP contribution in [0.25, 0.3) is 11.2 Å². The first-order chi connectivity index (χ1) is 16.8. The third kappa shape index (κ3) is 4.91. The minimum absolute atomic E-state index is 0.0793. The summed E-state index contributed by atoms with van der Waals surface area (Å²) in [4.78, 5) is 55.6. The normalized spacial score (nSPS) is 14.2. The number of ether oxygens (including phenoxy) is 1. The summed E-state index contributed by atoms with van der Waals surface area (Å²) >= 11 is 0. The van der Waals surface area contributed by atoms with Crippen LogP contribution < -0.4 is 26.6 Å². The van der Waals surface area contributed by atoms with Gasteiger partial charge in [0.2, 0.25) is 5.91 Å². The standard InChI is InChI=1S/C23H29N7O5/c1-27-20-19(21(32)28(2)23(27)34)30(14-25-20)13-18(31)24-12-15-8-10-29(11-9-15)22(33)26-16-6-4-5-7-17(16)35-3/h4-7,14-15H,8-13H2,1-3H3,(H,24,31)(H,26,33). The van der Waals surface area contributed by atoms with Gasteiger partial charge >= 0.3 is 11.7 Å². The number of likely N-dealkylation sites (tertiary alicyclic amines) is 1. The number of hydrogen-bond donors (Lipinski definition) is 2. The van der Waals surface area contributed by atoms with Gasteiger partial charge in [0.1, 0.15) is 12.3 Å². The molecule has 2 N–H and O–H groups in total. The van der Waals surface area contributed by atoms with E-state index in [1.165, 1.54) is 29.6 Å². The van der Waals surface area contributed by atoms with Crippen molar-refractivity contribution in [3.8, 4) is 5.75 Å². The predicted molar refractivity (Wildman–Crippen MR) is 130 cm³/mol. The number of hydrogen-bond acceptors (Lipinski definition) is 6. The number of para-hydroxylation sites is 2. The summed E-state index contributed by atoms with van der Waals surface area (Å²) in [7, 11) is 4.48. The van der Waals surface area contributed by atoms with Crippen LogP contribution in [-0.4, -0.2) is 62.3 Å². The van der Waals surface area contributed by atoms with E-state index in [4.69, 9.17) is 4.74 Å². The van der Waals surface area contributed by atoms with Crippen molar-refractivity contribution in [2.45, 2.75) is 19.4 Å². The van der Waals surface area contributed by atoms with Crippen molar-refractivity contribution in [1.82, 2.24) is 28.9 Å². The SMILES string of the molecule is COc1ccccc1NC(=O)N1CCC(CNC(=O)Cn2cnc3c2c(=O)n(C)c(=O)n3C)CC1. The zero-order chi connectivity index (χ0) is 25.1. The number of fused-ring (bicyclic) bond motifs is 1. The summed E-state index contributed by atoms with van der Waals surface area (Å²) in [5.41, 5.74) is 0.104. The number of aromatic nitrogens is 4. The molecule has 1 aromatic carbocycles. The second kappa shape index (κ2) is 10.0. The molecule has 1 fully saturated rings. The Morgan fingerprint density at radius 1 is 1.11 bits per heavy atom. The number of nitrogens with one attached hydrogen (secondary N) is 2. The lowest BCUT2D eigenvalue weighted by molar-refractivity contribution is -0.121. The van der Waals surface area contributed by atoms with Gasteiger partial charge < -0.3 is 24.8 Å². The summed E-state index contributed by atoms with van der Waals surface area (Å²) in [6.07, 6.45) is 2.91. The molecular weight excluding hydrogens is 454 g/mol. The van der Waals surface area contributed by atoms with Crippen molar-refractivity contribution in [3.05, 3.63) is 51.4 Å². The third-order valence-corrected chi connectivity index (χ3v) is 6.37. The highest BCUT2D eigenvalue weighted by atomic mass is 16.5. The molecule has 0 bridgehead atoms. The van der Waals surface area contributed by atoms with Gasteiger partial charge in [-0.15, -0.1) is 0 Å². The lowest BCUT2D eigenvalue weighted by Crippen LogP contribution is -2.43. The molecule has 3 heterocycles. The zero-order valence-corrected chi connectivity index (χ0v) is 20.0. The molecule has 2 aromatic heterocycles. The highest BCUT2D eigenvalue weighted by Crippen LogP contribution is 2.24. The Bertz CT molecular complexity index is 1360. The summed E-state index contributed by atoms with van der Waals surface area (Å²) in [6.45, 7) is 1.56. The molecule has 0 unspecified atom stereocenters. The smallest absolute Gasteiger partial charge is 0.332 e. The molecule has 186 valence electrons. The number of carbonyl (C=O) groups excluding carboxylic acids is 2. The fourth-order valence-corrected chi connectivity index (χ4v) is 4.27. The molecule has 12 nitrogen and oxygen atoms in total. The highest BCUT2D eigenvalue weighted by Gasteiger charge is 2.24. The Morgan fingerprint density at radius 2 is 1.83 bits per heavy atom. The van der Waals surface area contributed by atoms with Crippen molar-refractivity contribution < 1.29 is 14.3 Å². The number of nitrogens with zero attached hydrogens (tertiary/aromatic N) is 5. The van der Waals surface area contributed by atoms with Gasteiger partial charge in [-0.05, 0) is 30.9 Å². The molecule has 0 spiro atoms. The van der Waals surface area contributed by atoms with Gasteiger partial charge in [-0.1, -0.05) is 12.1 Å². The number of amides is 3. The van der Waals surface area contributed by atoms with E-state index >= 15 is 0 Å². The van der Waals surface area contributed by atoms with Gasteiger partial charge in [0.25, 0.3) is 5.56 Å². The molecule has 0 saturated carbocycles. The van der Waals surface area contributed by atoms with Gasteiger partial charge in [0.15, 0.2) is 11.2 Å². The number of urea groups is 1. The second-order valence-electron chi connectivity index (χ2n) is 8.62. The molecule has 3 aromatic rings. The van der Waals surface area contributed by atoms with E-state index in [1.807, 2.05) is 12.1 Å². The zero-order valence-electron chi connectivity index (χ0n) is 20.0. The molecule has 0 atom stereocenters. The monoisotopic (exact) mass is 483 g/mol. The van der Waals surface area contributed by atoms with E-state index in [0.717, 1.165) is 17.4 Å². The number of imidazole rings is 1. The van der Waals surface area contributed by atoms with Gasteiger partial charge in [-0.25, -0.2) is 14.6 Å². The molecule has 1 aliphatic rings. The predicted octanol–water partition coefficient (Wildman–Crippen LogP) is 0.503. The summed E-state index contributed by atoms with van der Waals surface area (Å²) < 4.78 is 9.01. The largest absolute Gasteiger partial charge is 0.495 e. The molecular formula is C23H29N7O5. The number of aryl methyl sites for hydroxylation is 1. The quantitative estimate of drug-likeness (QED) is 0.525. The van der Waals surface area contributed by atoms with Gasteiger partial charge in [0.05, 0.1) is 19.1 Å². The molecule has 1 aliphatic heterocycles. The minimum Gasteiger partial charge on any atom is -0.495 e. The lowest BCUT2D eigenvalue weighted by Gasteiger charge is -2.32. The molecule has 4 rings (SSSR count). The van der Waals surface area contributed by atoms with Crippen LogP contribution in [0.4, 0.5) is 10.5 Å². The summed E-state index contributed by atoms with van der Waals surface area (Å²) in [6, 6.07) is 7.07. The Morgan fingerprint density at radius 3 is 2.54 bits per heavy atom. The number of carbonyl (C=O) groups is 2. The average Bonchev–Trinajstić information content (AvgIpc) is 3.29. The second-order valence-corrected chi connectivity index (χ2v) is 8.62. The molecule has 12 heteroatoms. The number of benzene rings is 1. The van der Waals surface area contributed by atoms with Crippen LogP contribution in [0.15, 0.2) is 40.2 Å². The summed E-state index contributed by atoms with van der Waals surface area (Å²) in [5, 5.41) is 5.80. The Labute approximate surface area is 201 Å². The van der Waals surface area contributed by atoms with E-state index in [9.17, 15) is 19.2 Å². The molecule has 0 aliphatic carbocycles. The first kappa shape index (κ1) is 24.0. The average molecular weight is 484 g/mol.